The van der Waals surface area contributed by atoms with Crippen LogP contribution in [0.4, 0.5) is 5.69 Å². The highest BCUT2D eigenvalue weighted by Crippen LogP contribution is 2.17. The van der Waals surface area contributed by atoms with Gasteiger partial charge in [-0.25, -0.2) is 0 Å². The van der Waals surface area contributed by atoms with Crippen molar-refractivity contribution in [3.63, 3.8) is 0 Å². The zero-order valence-electron chi connectivity index (χ0n) is 7.99. The Morgan fingerprint density at radius 2 is 1.94 bits per heavy atom. The number of non-ortho nitro benzene ring substituents is 1. The maximum atomic E-state index is 11.4. The van der Waals surface area contributed by atoms with E-state index in [0.717, 1.165) is 24.3 Å². The van der Waals surface area contributed by atoms with Gasteiger partial charge in [-0.1, -0.05) is 5.92 Å². The summed E-state index contributed by atoms with van der Waals surface area (Å²) in [5.74, 6) is 2.01. The summed E-state index contributed by atoms with van der Waals surface area (Å²) < 4.78 is 27.2. The molecule has 0 saturated heterocycles. The summed E-state index contributed by atoms with van der Waals surface area (Å²) >= 11 is 0. The molecule has 16 heavy (non-hydrogen) atoms. The van der Waals surface area contributed by atoms with Crippen molar-refractivity contribution in [1.29, 1.82) is 0 Å². The normalized spacial score (nSPS) is 10.7. The molecule has 0 spiro atoms. The van der Waals surface area contributed by atoms with Crippen LogP contribution in [0, 0.1) is 22.5 Å². The molecule has 0 fully saturated rings. The molecule has 0 aliphatic rings. The van der Waals surface area contributed by atoms with Crippen LogP contribution in [0.1, 0.15) is 0 Å². The van der Waals surface area contributed by atoms with Crippen molar-refractivity contribution in [3.05, 3.63) is 34.4 Å². The minimum atomic E-state index is -3.93. The lowest BCUT2D eigenvalue weighted by molar-refractivity contribution is -0.384. The summed E-state index contributed by atoms with van der Waals surface area (Å²) in [5.41, 5.74) is -0.198. The van der Waals surface area contributed by atoms with Crippen molar-refractivity contribution in [2.75, 3.05) is 6.61 Å². The van der Waals surface area contributed by atoms with Gasteiger partial charge in [0.15, 0.2) is 0 Å². The molecule has 0 bridgehead atoms. The molecule has 6 nitrogen and oxygen atoms in total. The van der Waals surface area contributed by atoms with Crippen LogP contribution < -0.4 is 0 Å². The van der Waals surface area contributed by atoms with E-state index in [1.165, 1.54) is 0 Å². The van der Waals surface area contributed by atoms with Gasteiger partial charge in [-0.05, 0) is 12.1 Å². The van der Waals surface area contributed by atoms with Gasteiger partial charge >= 0.3 is 0 Å². The van der Waals surface area contributed by atoms with Crippen LogP contribution in [0.2, 0.25) is 0 Å². The van der Waals surface area contributed by atoms with Crippen molar-refractivity contribution < 1.29 is 17.5 Å². The highest BCUT2D eigenvalue weighted by molar-refractivity contribution is 7.86. The SMILES string of the molecule is C#CCOS(=O)(=O)c1ccc([N+](=O)[O-])cc1. The highest BCUT2D eigenvalue weighted by Gasteiger charge is 2.15. The van der Waals surface area contributed by atoms with E-state index in [2.05, 4.69) is 4.18 Å². The van der Waals surface area contributed by atoms with Crippen LogP contribution in [-0.4, -0.2) is 19.9 Å². The summed E-state index contributed by atoms with van der Waals surface area (Å²) in [6.45, 7) is -0.376. The maximum Gasteiger partial charge on any atom is 0.297 e. The fourth-order valence-electron chi connectivity index (χ4n) is 0.914. The number of rotatable bonds is 4. The van der Waals surface area contributed by atoms with E-state index in [-0.39, 0.29) is 17.2 Å². The van der Waals surface area contributed by atoms with Gasteiger partial charge in [-0.3, -0.25) is 14.3 Å². The predicted octanol–water partition coefficient (Wildman–Crippen LogP) is 0.933. The van der Waals surface area contributed by atoms with Crippen LogP contribution in [0.5, 0.6) is 0 Å². The van der Waals surface area contributed by atoms with Gasteiger partial charge in [0.1, 0.15) is 6.61 Å². The Morgan fingerprint density at radius 1 is 1.38 bits per heavy atom. The molecule has 1 rings (SSSR count). The molecule has 0 aliphatic carbocycles. The minimum absolute atomic E-state index is 0.173. The second-order valence-corrected chi connectivity index (χ2v) is 4.29. The zero-order chi connectivity index (χ0) is 12.2. The lowest BCUT2D eigenvalue weighted by Gasteiger charge is -2.01. The van der Waals surface area contributed by atoms with Gasteiger partial charge in [-0.15, -0.1) is 6.42 Å². The second kappa shape index (κ2) is 4.74. The standard InChI is InChI=1S/C9H7NO5S/c1-2-7-15-16(13,14)9-5-3-8(4-6-9)10(11)12/h1,3-6H,7H2. The average Bonchev–Trinajstić information content (AvgIpc) is 2.26. The van der Waals surface area contributed by atoms with Crippen LogP contribution in [0.3, 0.4) is 0 Å². The molecule has 0 atom stereocenters. The number of nitrogens with zero attached hydrogens (tertiary/aromatic N) is 1. The summed E-state index contributed by atoms with van der Waals surface area (Å²) in [6, 6.07) is 4.33. The number of nitro benzene ring substituents is 1. The summed E-state index contributed by atoms with van der Waals surface area (Å²) in [7, 11) is -3.93. The smallest absolute Gasteiger partial charge is 0.258 e. The van der Waals surface area contributed by atoms with Crippen molar-refractivity contribution in [2.45, 2.75) is 4.90 Å². The lowest BCUT2D eigenvalue weighted by Crippen LogP contribution is -2.06. The molecule has 0 saturated carbocycles. The topological polar surface area (TPSA) is 86.5 Å². The Labute approximate surface area is 92.1 Å². The molecular formula is C9H7NO5S. The van der Waals surface area contributed by atoms with E-state index in [0.29, 0.717) is 0 Å². The Morgan fingerprint density at radius 3 is 2.38 bits per heavy atom. The number of hydrogen-bond acceptors (Lipinski definition) is 5. The summed E-state index contributed by atoms with van der Waals surface area (Å²) in [5, 5.41) is 10.3. The Kier molecular flexibility index (Phi) is 3.60. The molecule has 7 heteroatoms. The first kappa shape index (κ1) is 12.2. The third kappa shape index (κ3) is 2.79. The lowest BCUT2D eigenvalue weighted by atomic mass is 10.3. The third-order valence-electron chi connectivity index (χ3n) is 1.63. The molecule has 0 aliphatic heterocycles. The predicted molar refractivity (Wildman–Crippen MR) is 55.1 cm³/mol. The minimum Gasteiger partial charge on any atom is -0.258 e. The number of nitro groups is 1. The first-order valence-corrected chi connectivity index (χ1v) is 5.45. The fraction of sp³-hybridized carbons (Fsp3) is 0.111. The Hall–Kier alpha value is -1.91. The van der Waals surface area contributed by atoms with Gasteiger partial charge in [0.25, 0.3) is 15.8 Å². The van der Waals surface area contributed by atoms with Gasteiger partial charge in [-0.2, -0.15) is 8.42 Å². The average molecular weight is 241 g/mol. The van der Waals surface area contributed by atoms with Crippen molar-refractivity contribution in [1.82, 2.24) is 0 Å². The van der Waals surface area contributed by atoms with Crippen LogP contribution in [-0.2, 0) is 14.3 Å². The van der Waals surface area contributed by atoms with E-state index in [4.69, 9.17) is 6.42 Å². The quantitative estimate of drug-likeness (QED) is 0.339. The molecule has 1 aromatic carbocycles. The molecule has 1 aromatic rings. The third-order valence-corrected chi connectivity index (χ3v) is 2.91. The zero-order valence-corrected chi connectivity index (χ0v) is 8.81. The summed E-state index contributed by atoms with van der Waals surface area (Å²) in [6.07, 6.45) is 4.85. The van der Waals surface area contributed by atoms with Gasteiger partial charge in [0, 0.05) is 12.1 Å². The Balaban J connectivity index is 2.98. The Bertz CT molecular complexity index is 526. The van der Waals surface area contributed by atoms with Gasteiger partial charge in [0.05, 0.1) is 9.82 Å². The molecule has 0 unspecified atom stereocenters. The maximum absolute atomic E-state index is 11.4. The first-order valence-electron chi connectivity index (χ1n) is 4.05. The van der Waals surface area contributed by atoms with Crippen molar-refractivity contribution in [2.24, 2.45) is 0 Å². The molecule has 0 N–H and O–H groups in total. The molecule has 0 amide bonds. The van der Waals surface area contributed by atoms with E-state index in [1.807, 2.05) is 5.92 Å². The van der Waals surface area contributed by atoms with Gasteiger partial charge in [0.2, 0.25) is 0 Å². The van der Waals surface area contributed by atoms with Crippen LogP contribution >= 0.6 is 0 Å². The molecule has 0 heterocycles. The van der Waals surface area contributed by atoms with E-state index in [9.17, 15) is 18.5 Å². The van der Waals surface area contributed by atoms with Crippen LogP contribution in [0.15, 0.2) is 29.2 Å². The van der Waals surface area contributed by atoms with E-state index >= 15 is 0 Å². The van der Waals surface area contributed by atoms with E-state index < -0.39 is 15.0 Å². The molecular weight excluding hydrogens is 234 g/mol. The number of benzene rings is 1. The highest BCUT2D eigenvalue weighted by atomic mass is 32.2. The molecule has 84 valence electrons. The van der Waals surface area contributed by atoms with E-state index in [1.54, 1.807) is 0 Å². The van der Waals surface area contributed by atoms with Gasteiger partial charge < -0.3 is 0 Å². The number of hydrogen-bond donors (Lipinski definition) is 0. The summed E-state index contributed by atoms with van der Waals surface area (Å²) in [4.78, 5) is 9.53. The van der Waals surface area contributed by atoms with Crippen molar-refractivity contribution >= 4 is 15.8 Å². The van der Waals surface area contributed by atoms with Crippen LogP contribution in [0.25, 0.3) is 0 Å². The largest absolute Gasteiger partial charge is 0.297 e. The van der Waals surface area contributed by atoms with Crippen molar-refractivity contribution in [3.8, 4) is 12.3 Å². The fourth-order valence-corrected chi connectivity index (χ4v) is 1.74. The molecule has 0 aromatic heterocycles. The monoisotopic (exact) mass is 241 g/mol. The second-order valence-electron chi connectivity index (χ2n) is 2.67. The number of terminal acetylenes is 1. The first-order chi connectivity index (χ1) is 7.47. The molecule has 0 radical (unpaired) electrons.